The van der Waals surface area contributed by atoms with Gasteiger partial charge in [0.05, 0.1) is 11.4 Å². The lowest BCUT2D eigenvalue weighted by molar-refractivity contribution is -0.130. The van der Waals surface area contributed by atoms with E-state index in [0.717, 1.165) is 16.7 Å². The summed E-state index contributed by atoms with van der Waals surface area (Å²) in [5.74, 6) is -1.50. The van der Waals surface area contributed by atoms with Crippen molar-refractivity contribution < 1.29 is 19.5 Å². The summed E-state index contributed by atoms with van der Waals surface area (Å²) in [7, 11) is 0. The van der Waals surface area contributed by atoms with Gasteiger partial charge in [0, 0.05) is 37.0 Å². The number of nitrogens with two attached hydrogens (primary N) is 1. The molecular formula is C33H37N5O4. The van der Waals surface area contributed by atoms with Gasteiger partial charge < -0.3 is 26.8 Å². The van der Waals surface area contributed by atoms with Gasteiger partial charge in [0.1, 0.15) is 12.3 Å². The third kappa shape index (κ3) is 9.12. The van der Waals surface area contributed by atoms with Crippen LogP contribution in [0.15, 0.2) is 103 Å². The third-order valence-corrected chi connectivity index (χ3v) is 6.28. The molecule has 0 aromatic heterocycles. The zero-order valence-corrected chi connectivity index (χ0v) is 23.9. The molecule has 0 heterocycles. The van der Waals surface area contributed by atoms with Crippen LogP contribution in [0, 0.1) is 0 Å². The van der Waals surface area contributed by atoms with Gasteiger partial charge in [-0.25, -0.2) is 0 Å². The maximum atomic E-state index is 13.7. The molecule has 0 atom stereocenters. The average molecular weight is 568 g/mol. The number of hydrogen-bond acceptors (Lipinski definition) is 6. The molecule has 0 aliphatic carbocycles. The maximum absolute atomic E-state index is 13.7. The number of nitrogens with one attached hydrogen (secondary N) is 3. The van der Waals surface area contributed by atoms with E-state index in [1.54, 1.807) is 24.3 Å². The van der Waals surface area contributed by atoms with Gasteiger partial charge in [-0.05, 0) is 42.2 Å². The van der Waals surface area contributed by atoms with Gasteiger partial charge in [0.2, 0.25) is 11.8 Å². The predicted molar refractivity (Wildman–Crippen MR) is 166 cm³/mol. The van der Waals surface area contributed by atoms with Gasteiger partial charge in [-0.15, -0.1) is 0 Å². The van der Waals surface area contributed by atoms with Crippen molar-refractivity contribution >= 4 is 34.8 Å². The van der Waals surface area contributed by atoms with Crippen molar-refractivity contribution in [2.24, 2.45) is 5.73 Å². The monoisotopic (exact) mass is 567 g/mol. The molecule has 0 radical (unpaired) electrons. The molecule has 0 unspecified atom stereocenters. The lowest BCUT2D eigenvalue weighted by Crippen LogP contribution is -2.42. The van der Waals surface area contributed by atoms with Crippen LogP contribution in [0.5, 0.6) is 0 Å². The number of amides is 3. The Morgan fingerprint density at radius 1 is 0.857 bits per heavy atom. The average Bonchev–Trinajstić information content (AvgIpc) is 2.95. The van der Waals surface area contributed by atoms with Crippen molar-refractivity contribution in [1.29, 1.82) is 0 Å². The van der Waals surface area contributed by atoms with Crippen LogP contribution >= 0.6 is 0 Å². The second kappa shape index (κ2) is 14.9. The van der Waals surface area contributed by atoms with E-state index in [-0.39, 0.29) is 29.6 Å². The van der Waals surface area contributed by atoms with Crippen LogP contribution in [0.2, 0.25) is 0 Å². The van der Waals surface area contributed by atoms with Crippen molar-refractivity contribution in [3.63, 3.8) is 0 Å². The van der Waals surface area contributed by atoms with Crippen LogP contribution in [0.4, 0.5) is 5.69 Å². The summed E-state index contributed by atoms with van der Waals surface area (Å²) in [5.41, 5.74) is 9.95. The number of carbonyl (C=O) groups excluding carboxylic acids is 3. The minimum atomic E-state index is -0.586. The largest absolute Gasteiger partial charge is 0.510 e. The molecule has 0 aliphatic heterocycles. The third-order valence-electron chi connectivity index (χ3n) is 6.28. The van der Waals surface area contributed by atoms with Crippen LogP contribution in [-0.2, 0) is 27.3 Å². The molecular weight excluding hydrogens is 530 g/mol. The number of nitrogens with zero attached hydrogens (tertiary/aromatic N) is 1. The van der Waals surface area contributed by atoms with E-state index in [1.165, 1.54) is 18.7 Å². The summed E-state index contributed by atoms with van der Waals surface area (Å²) < 4.78 is 0. The summed E-state index contributed by atoms with van der Waals surface area (Å²) >= 11 is 0. The normalized spacial score (nSPS) is 11.1. The van der Waals surface area contributed by atoms with E-state index >= 15 is 0 Å². The Morgan fingerprint density at radius 2 is 1.55 bits per heavy atom. The van der Waals surface area contributed by atoms with Crippen molar-refractivity contribution in [1.82, 2.24) is 15.5 Å². The van der Waals surface area contributed by atoms with Gasteiger partial charge >= 0.3 is 0 Å². The van der Waals surface area contributed by atoms with Crippen molar-refractivity contribution in [3.8, 4) is 0 Å². The number of carbonyl (C=O) groups is 3. The summed E-state index contributed by atoms with van der Waals surface area (Å²) in [5, 5.41) is 19.3. The molecule has 9 heteroatoms. The molecule has 3 rings (SSSR count). The van der Waals surface area contributed by atoms with Crippen molar-refractivity contribution in [2.75, 3.05) is 18.4 Å². The zero-order chi connectivity index (χ0) is 30.6. The fourth-order valence-electron chi connectivity index (χ4n) is 4.24. The van der Waals surface area contributed by atoms with Crippen LogP contribution in [0.1, 0.15) is 36.1 Å². The standard InChI is InChI=1S/C33H37N5O4/c1-22(34)28-15-13-27(14-16-28)20-36-31(41)21-38(33(42)23(2)35-18-17-26-9-6-5-7-10-26)32(24(3)39)29-11-8-12-30(19-29)37-25(4)40/h5-16,19,35,39H,1-2,17-18,20-21,34H2,3-4H3,(H,36,41)(H,37,40)/b32-24+. The second-order valence-electron chi connectivity index (χ2n) is 9.73. The number of aliphatic hydroxyl groups excluding tert-OH is 1. The highest BCUT2D eigenvalue weighted by Gasteiger charge is 2.26. The Balaban J connectivity index is 1.83. The van der Waals surface area contributed by atoms with Gasteiger partial charge in [-0.3, -0.25) is 19.3 Å². The smallest absolute Gasteiger partial charge is 0.274 e. The summed E-state index contributed by atoms with van der Waals surface area (Å²) in [6, 6.07) is 23.7. The van der Waals surface area contributed by atoms with E-state index < -0.39 is 18.4 Å². The molecule has 3 aromatic carbocycles. The topological polar surface area (TPSA) is 137 Å². The first-order chi connectivity index (χ1) is 20.0. The number of anilines is 1. The SMILES string of the molecule is C=C(NCCc1ccccc1)C(=O)N(CC(=O)NCc1ccc(C(=C)N)cc1)/C(=C(\C)O)c1cccc(NC(C)=O)c1. The minimum Gasteiger partial charge on any atom is -0.510 e. The summed E-state index contributed by atoms with van der Waals surface area (Å²) in [6.07, 6.45) is 0.657. The molecule has 218 valence electrons. The van der Waals surface area contributed by atoms with E-state index in [2.05, 4.69) is 29.1 Å². The van der Waals surface area contributed by atoms with E-state index in [0.29, 0.717) is 29.9 Å². The quantitative estimate of drug-likeness (QED) is 0.154. The number of allylic oxidation sites excluding steroid dienone is 1. The Labute approximate surface area is 246 Å². The molecule has 3 aromatic rings. The first kappa shape index (κ1) is 31.2. The number of rotatable bonds is 13. The first-order valence-corrected chi connectivity index (χ1v) is 13.4. The number of benzene rings is 3. The molecule has 0 fully saturated rings. The Morgan fingerprint density at radius 3 is 2.17 bits per heavy atom. The van der Waals surface area contributed by atoms with Crippen LogP contribution in [0.3, 0.4) is 0 Å². The number of hydrogen-bond donors (Lipinski definition) is 5. The lowest BCUT2D eigenvalue weighted by Gasteiger charge is -2.27. The van der Waals surface area contributed by atoms with E-state index in [9.17, 15) is 19.5 Å². The van der Waals surface area contributed by atoms with Gasteiger partial charge in [-0.2, -0.15) is 0 Å². The second-order valence-corrected chi connectivity index (χ2v) is 9.73. The molecule has 42 heavy (non-hydrogen) atoms. The Kier molecular flexibility index (Phi) is 11.1. The van der Waals surface area contributed by atoms with Crippen LogP contribution < -0.4 is 21.7 Å². The Bertz CT molecular complexity index is 1480. The summed E-state index contributed by atoms with van der Waals surface area (Å²) in [4.78, 5) is 39.7. The molecule has 0 spiro atoms. The molecule has 3 amide bonds. The maximum Gasteiger partial charge on any atom is 0.274 e. The van der Waals surface area contributed by atoms with Crippen LogP contribution in [0.25, 0.3) is 11.4 Å². The predicted octanol–water partition coefficient (Wildman–Crippen LogP) is 4.31. The van der Waals surface area contributed by atoms with Crippen molar-refractivity contribution in [3.05, 3.63) is 126 Å². The van der Waals surface area contributed by atoms with Gasteiger partial charge in [0.25, 0.3) is 5.91 Å². The Hall–Kier alpha value is -5.31. The summed E-state index contributed by atoms with van der Waals surface area (Å²) in [6.45, 7) is 10.7. The zero-order valence-electron chi connectivity index (χ0n) is 23.9. The fraction of sp³-hybridized carbons (Fsp3) is 0.182. The number of aliphatic hydroxyl groups is 1. The molecule has 9 nitrogen and oxygen atoms in total. The van der Waals surface area contributed by atoms with Gasteiger partial charge in [-0.1, -0.05) is 79.9 Å². The van der Waals surface area contributed by atoms with E-state index in [4.69, 9.17) is 5.73 Å². The van der Waals surface area contributed by atoms with Gasteiger partial charge in [0.15, 0.2) is 0 Å². The highest BCUT2D eigenvalue weighted by molar-refractivity contribution is 6.01. The van der Waals surface area contributed by atoms with Crippen LogP contribution in [-0.4, -0.2) is 40.8 Å². The first-order valence-electron chi connectivity index (χ1n) is 13.4. The molecule has 0 saturated heterocycles. The molecule has 0 saturated carbocycles. The molecule has 6 N–H and O–H groups in total. The lowest BCUT2D eigenvalue weighted by atomic mass is 10.1. The highest BCUT2D eigenvalue weighted by atomic mass is 16.3. The molecule has 0 aliphatic rings. The van der Waals surface area contributed by atoms with Crippen molar-refractivity contribution in [2.45, 2.75) is 26.8 Å². The fourth-order valence-corrected chi connectivity index (χ4v) is 4.24. The minimum absolute atomic E-state index is 0.0631. The van der Waals surface area contributed by atoms with E-state index in [1.807, 2.05) is 54.6 Å². The molecule has 0 bridgehead atoms. The highest BCUT2D eigenvalue weighted by Crippen LogP contribution is 2.26.